The van der Waals surface area contributed by atoms with Crippen molar-refractivity contribution in [1.29, 1.82) is 0 Å². The van der Waals surface area contributed by atoms with Gasteiger partial charge < -0.3 is 10.6 Å². The van der Waals surface area contributed by atoms with E-state index >= 15 is 0 Å². The Morgan fingerprint density at radius 1 is 1.10 bits per heavy atom. The quantitative estimate of drug-likeness (QED) is 0.838. The molecule has 0 aliphatic heterocycles. The van der Waals surface area contributed by atoms with Gasteiger partial charge in [0, 0.05) is 6.20 Å². The predicted molar refractivity (Wildman–Crippen MR) is 82.4 cm³/mol. The van der Waals surface area contributed by atoms with Gasteiger partial charge in [0.2, 0.25) is 0 Å². The molecule has 21 heavy (non-hydrogen) atoms. The maximum Gasteiger partial charge on any atom is 0.315 e. The van der Waals surface area contributed by atoms with E-state index in [0.29, 0.717) is 16.5 Å². The Hall–Kier alpha value is -2.40. The van der Waals surface area contributed by atoms with Gasteiger partial charge in [-0.3, -0.25) is 9.59 Å². The first kappa shape index (κ1) is 15.0. The third kappa shape index (κ3) is 3.79. The molecule has 2 rings (SSSR count). The van der Waals surface area contributed by atoms with Crippen molar-refractivity contribution in [3.63, 3.8) is 0 Å². The van der Waals surface area contributed by atoms with Crippen LogP contribution >= 0.6 is 11.6 Å². The number of amides is 2. The molecule has 0 bridgehead atoms. The number of aryl methyl sites for hydroxylation is 2. The summed E-state index contributed by atoms with van der Waals surface area (Å²) in [5.41, 5.74) is 2.20. The number of rotatable bonds is 2. The van der Waals surface area contributed by atoms with Crippen molar-refractivity contribution < 1.29 is 9.59 Å². The van der Waals surface area contributed by atoms with Crippen molar-refractivity contribution in [2.45, 2.75) is 13.8 Å². The maximum atomic E-state index is 11.9. The maximum absolute atomic E-state index is 11.9. The lowest BCUT2D eigenvalue weighted by molar-refractivity contribution is -0.133. The second kappa shape index (κ2) is 6.37. The van der Waals surface area contributed by atoms with Gasteiger partial charge in [0.05, 0.1) is 10.7 Å². The van der Waals surface area contributed by atoms with Crippen molar-refractivity contribution in [2.75, 3.05) is 10.6 Å². The lowest BCUT2D eigenvalue weighted by atomic mass is 10.1. The predicted octanol–water partition coefficient (Wildman–Crippen LogP) is 2.93. The Kier molecular flexibility index (Phi) is 4.55. The number of carbonyl (C=O) groups is 2. The Morgan fingerprint density at radius 2 is 1.81 bits per heavy atom. The molecule has 0 aliphatic carbocycles. The van der Waals surface area contributed by atoms with Crippen molar-refractivity contribution in [1.82, 2.24) is 4.98 Å². The van der Waals surface area contributed by atoms with E-state index in [9.17, 15) is 9.59 Å². The second-order valence-corrected chi connectivity index (χ2v) is 4.97. The molecule has 1 aromatic carbocycles. The zero-order valence-electron chi connectivity index (χ0n) is 11.6. The van der Waals surface area contributed by atoms with Gasteiger partial charge in [-0.2, -0.15) is 0 Å². The summed E-state index contributed by atoms with van der Waals surface area (Å²) in [5.74, 6) is -1.29. The molecule has 0 fully saturated rings. The first-order valence-corrected chi connectivity index (χ1v) is 6.65. The van der Waals surface area contributed by atoms with E-state index in [4.69, 9.17) is 11.6 Å². The lowest BCUT2D eigenvalue weighted by Crippen LogP contribution is -2.29. The molecule has 0 saturated carbocycles. The highest BCUT2D eigenvalue weighted by molar-refractivity contribution is 6.44. The molecule has 2 N–H and O–H groups in total. The first-order valence-electron chi connectivity index (χ1n) is 6.27. The van der Waals surface area contributed by atoms with Gasteiger partial charge in [-0.15, -0.1) is 0 Å². The zero-order valence-corrected chi connectivity index (χ0v) is 12.4. The number of nitrogens with one attached hydrogen (secondary N) is 2. The molecule has 6 heteroatoms. The molecular formula is C15H14ClN3O2. The number of pyridine rings is 1. The number of carbonyl (C=O) groups excluding carboxylic acids is 2. The minimum Gasteiger partial charge on any atom is -0.316 e. The van der Waals surface area contributed by atoms with Crippen LogP contribution in [0.4, 0.5) is 11.5 Å². The summed E-state index contributed by atoms with van der Waals surface area (Å²) in [6.07, 6.45) is 1.52. The summed E-state index contributed by atoms with van der Waals surface area (Å²) in [6, 6.07) is 8.61. The van der Waals surface area contributed by atoms with Gasteiger partial charge in [-0.05, 0) is 43.2 Å². The number of halogens is 1. The third-order valence-electron chi connectivity index (χ3n) is 2.78. The van der Waals surface area contributed by atoms with E-state index in [0.717, 1.165) is 11.1 Å². The highest BCUT2D eigenvalue weighted by atomic mass is 35.5. The van der Waals surface area contributed by atoms with E-state index in [-0.39, 0.29) is 0 Å². The van der Waals surface area contributed by atoms with Gasteiger partial charge in [-0.1, -0.05) is 23.7 Å². The highest BCUT2D eigenvalue weighted by Gasteiger charge is 2.17. The Morgan fingerprint density at radius 3 is 2.43 bits per heavy atom. The average molecular weight is 304 g/mol. The fourth-order valence-electron chi connectivity index (χ4n) is 1.85. The number of nitrogens with zero attached hydrogens (tertiary/aromatic N) is 1. The summed E-state index contributed by atoms with van der Waals surface area (Å²) in [6.45, 7) is 3.71. The lowest BCUT2D eigenvalue weighted by Gasteiger charge is -2.11. The van der Waals surface area contributed by atoms with Crippen LogP contribution in [0.3, 0.4) is 0 Å². The van der Waals surface area contributed by atoms with Gasteiger partial charge in [0.25, 0.3) is 0 Å². The number of aromatic nitrogens is 1. The summed E-state index contributed by atoms with van der Waals surface area (Å²) < 4.78 is 0. The molecule has 0 atom stereocenters. The minimum absolute atomic E-state index is 0.310. The van der Waals surface area contributed by atoms with Crippen LogP contribution in [0, 0.1) is 13.8 Å². The van der Waals surface area contributed by atoms with E-state index in [1.165, 1.54) is 6.20 Å². The first-order chi connectivity index (χ1) is 9.97. The average Bonchev–Trinajstić information content (AvgIpc) is 2.43. The number of benzene rings is 1. The van der Waals surface area contributed by atoms with Crippen LogP contribution in [0.25, 0.3) is 0 Å². The zero-order chi connectivity index (χ0) is 15.4. The summed E-state index contributed by atoms with van der Waals surface area (Å²) >= 11 is 6.08. The Bertz CT molecular complexity index is 664. The fraction of sp³-hybridized carbons (Fsp3) is 0.133. The minimum atomic E-state index is -0.801. The molecule has 0 unspecified atom stereocenters. The van der Waals surface area contributed by atoms with Crippen molar-refractivity contribution in [2.24, 2.45) is 0 Å². The van der Waals surface area contributed by atoms with Crippen molar-refractivity contribution in [3.05, 3.63) is 52.7 Å². The Labute approximate surface area is 127 Å². The fourth-order valence-corrected chi connectivity index (χ4v) is 2.22. The van der Waals surface area contributed by atoms with E-state index in [1.807, 2.05) is 19.9 Å². The van der Waals surface area contributed by atoms with Crippen LogP contribution in [0.1, 0.15) is 11.1 Å². The molecule has 1 aromatic heterocycles. The van der Waals surface area contributed by atoms with Crippen molar-refractivity contribution in [3.8, 4) is 0 Å². The smallest absolute Gasteiger partial charge is 0.315 e. The summed E-state index contributed by atoms with van der Waals surface area (Å²) in [7, 11) is 0. The highest BCUT2D eigenvalue weighted by Crippen LogP contribution is 2.27. The molecule has 1 heterocycles. The molecule has 2 aromatic rings. The molecule has 5 nitrogen and oxygen atoms in total. The van der Waals surface area contributed by atoms with Crippen LogP contribution in [0.5, 0.6) is 0 Å². The second-order valence-electron chi connectivity index (χ2n) is 4.56. The molecule has 0 aliphatic rings. The van der Waals surface area contributed by atoms with Crippen LogP contribution < -0.4 is 10.6 Å². The van der Waals surface area contributed by atoms with E-state index < -0.39 is 11.8 Å². The van der Waals surface area contributed by atoms with Crippen LogP contribution in [0.15, 0.2) is 36.5 Å². The third-order valence-corrected chi connectivity index (χ3v) is 3.08. The normalized spacial score (nSPS) is 10.0. The summed E-state index contributed by atoms with van der Waals surface area (Å²) in [4.78, 5) is 27.6. The topological polar surface area (TPSA) is 71.1 Å². The van der Waals surface area contributed by atoms with Gasteiger partial charge in [-0.25, -0.2) is 4.98 Å². The monoisotopic (exact) mass is 303 g/mol. The number of anilines is 2. The van der Waals surface area contributed by atoms with E-state index in [2.05, 4.69) is 15.6 Å². The van der Waals surface area contributed by atoms with Crippen LogP contribution in [-0.2, 0) is 9.59 Å². The van der Waals surface area contributed by atoms with Crippen LogP contribution in [-0.4, -0.2) is 16.8 Å². The van der Waals surface area contributed by atoms with Crippen LogP contribution in [0.2, 0.25) is 5.02 Å². The molecule has 2 amide bonds. The SMILES string of the molecule is Cc1cc(C)c(NC(=O)C(=O)Nc2ccccn2)c(Cl)c1. The molecule has 0 saturated heterocycles. The molecule has 0 radical (unpaired) electrons. The molecule has 108 valence electrons. The summed E-state index contributed by atoms with van der Waals surface area (Å²) in [5, 5.41) is 5.32. The number of hydrogen-bond donors (Lipinski definition) is 2. The number of hydrogen-bond acceptors (Lipinski definition) is 3. The Balaban J connectivity index is 2.10. The van der Waals surface area contributed by atoms with Gasteiger partial charge in [0.1, 0.15) is 5.82 Å². The molecular weight excluding hydrogens is 290 g/mol. The standard InChI is InChI=1S/C15H14ClN3O2/c1-9-7-10(2)13(11(16)8-9)19-15(21)14(20)18-12-5-3-4-6-17-12/h3-8H,1-2H3,(H,19,21)(H,17,18,20). The van der Waals surface area contributed by atoms with Gasteiger partial charge in [0.15, 0.2) is 0 Å². The molecule has 0 spiro atoms. The van der Waals surface area contributed by atoms with E-state index in [1.54, 1.807) is 24.3 Å². The van der Waals surface area contributed by atoms with Gasteiger partial charge >= 0.3 is 11.8 Å². The largest absolute Gasteiger partial charge is 0.316 e. The van der Waals surface area contributed by atoms with Crippen molar-refractivity contribution >= 4 is 34.9 Å².